The molecule has 186 valence electrons. The van der Waals surface area contributed by atoms with E-state index in [1.807, 2.05) is 54.6 Å². The van der Waals surface area contributed by atoms with E-state index in [4.69, 9.17) is 9.47 Å². The number of aliphatic hydroxyl groups is 1. The second-order valence-corrected chi connectivity index (χ2v) is 10.5. The highest BCUT2D eigenvalue weighted by Gasteiger charge is 2.50. The van der Waals surface area contributed by atoms with Crippen molar-refractivity contribution in [3.8, 4) is 11.1 Å². The Morgan fingerprint density at radius 3 is 2.51 bits per heavy atom. The van der Waals surface area contributed by atoms with Gasteiger partial charge >= 0.3 is 11.9 Å². The Kier molecular flexibility index (Phi) is 7.75. The predicted molar refractivity (Wildman–Crippen MR) is 136 cm³/mol. The Morgan fingerprint density at radius 1 is 1.14 bits per heavy atom. The average Bonchev–Trinajstić information content (AvgIpc) is 3.37. The molecule has 2 fully saturated rings. The fourth-order valence-electron chi connectivity index (χ4n) is 5.20. The summed E-state index contributed by atoms with van der Waals surface area (Å²) in [5.41, 5.74) is 2.36. The summed E-state index contributed by atoms with van der Waals surface area (Å²) in [6.07, 6.45) is 6.35. The molecule has 2 aliphatic rings. The van der Waals surface area contributed by atoms with Crippen LogP contribution in [0.25, 0.3) is 11.1 Å². The van der Waals surface area contributed by atoms with Gasteiger partial charge in [0.15, 0.2) is 0 Å². The van der Waals surface area contributed by atoms with Gasteiger partial charge in [0.25, 0.3) is 0 Å². The van der Waals surface area contributed by atoms with Crippen LogP contribution in [0.1, 0.15) is 63.2 Å². The molecule has 5 heteroatoms. The third-order valence-electron chi connectivity index (χ3n) is 7.53. The normalized spacial score (nSPS) is 24.9. The van der Waals surface area contributed by atoms with E-state index in [2.05, 4.69) is 20.8 Å². The van der Waals surface area contributed by atoms with Crippen LogP contribution in [-0.2, 0) is 14.3 Å². The molecule has 5 atom stereocenters. The molecule has 1 N–H and O–H groups in total. The fourth-order valence-corrected chi connectivity index (χ4v) is 5.20. The van der Waals surface area contributed by atoms with E-state index >= 15 is 0 Å². The first kappa shape index (κ1) is 25.2. The lowest BCUT2D eigenvalue weighted by Crippen LogP contribution is -2.29. The summed E-state index contributed by atoms with van der Waals surface area (Å²) in [6.45, 7) is 6.27. The number of ether oxygens (including phenoxy) is 2. The van der Waals surface area contributed by atoms with Gasteiger partial charge in [-0.2, -0.15) is 0 Å². The molecule has 0 spiro atoms. The molecular formula is C30H36O5. The lowest BCUT2D eigenvalue weighted by Gasteiger charge is -2.29. The summed E-state index contributed by atoms with van der Waals surface area (Å²) in [5.74, 6) is -0.801. The molecular weight excluding hydrogens is 440 g/mol. The van der Waals surface area contributed by atoms with Crippen molar-refractivity contribution >= 4 is 11.9 Å². The van der Waals surface area contributed by atoms with Gasteiger partial charge in [0.2, 0.25) is 0 Å². The molecule has 1 saturated heterocycles. The minimum absolute atomic E-state index is 0.0389. The Morgan fingerprint density at radius 2 is 1.83 bits per heavy atom. The van der Waals surface area contributed by atoms with Crippen LogP contribution in [-0.4, -0.2) is 35.4 Å². The zero-order chi connectivity index (χ0) is 25.0. The van der Waals surface area contributed by atoms with E-state index in [0.29, 0.717) is 18.4 Å². The second-order valence-electron chi connectivity index (χ2n) is 10.5. The number of fused-ring (bicyclic) bond motifs is 1. The van der Waals surface area contributed by atoms with E-state index in [0.717, 1.165) is 30.4 Å². The minimum atomic E-state index is -0.618. The van der Waals surface area contributed by atoms with E-state index in [-0.39, 0.29) is 35.3 Å². The van der Waals surface area contributed by atoms with E-state index in [1.165, 1.54) is 0 Å². The molecule has 35 heavy (non-hydrogen) atoms. The van der Waals surface area contributed by atoms with E-state index < -0.39 is 12.2 Å². The summed E-state index contributed by atoms with van der Waals surface area (Å²) < 4.78 is 11.4. The Labute approximate surface area is 208 Å². The van der Waals surface area contributed by atoms with Gasteiger partial charge in [-0.05, 0) is 35.1 Å². The Hall–Kier alpha value is -2.92. The number of esters is 2. The number of carbonyl (C=O) groups excluding carboxylic acids is 2. The monoisotopic (exact) mass is 476 g/mol. The quantitative estimate of drug-likeness (QED) is 0.357. The van der Waals surface area contributed by atoms with Gasteiger partial charge in [-0.1, -0.05) is 88.2 Å². The summed E-state index contributed by atoms with van der Waals surface area (Å²) in [4.78, 5) is 24.9. The van der Waals surface area contributed by atoms with Crippen LogP contribution < -0.4 is 0 Å². The van der Waals surface area contributed by atoms with Gasteiger partial charge in [0.05, 0.1) is 18.1 Å². The third kappa shape index (κ3) is 5.84. The zero-order valence-electron chi connectivity index (χ0n) is 20.9. The van der Waals surface area contributed by atoms with Crippen LogP contribution >= 0.6 is 0 Å². The van der Waals surface area contributed by atoms with Crippen molar-refractivity contribution in [2.75, 3.05) is 0 Å². The molecule has 2 aromatic rings. The molecule has 1 aliphatic carbocycles. The molecule has 5 nitrogen and oxygen atoms in total. The average molecular weight is 477 g/mol. The van der Waals surface area contributed by atoms with Gasteiger partial charge in [0, 0.05) is 18.3 Å². The molecule has 1 saturated carbocycles. The maximum atomic E-state index is 13.0. The van der Waals surface area contributed by atoms with Crippen molar-refractivity contribution in [1.29, 1.82) is 0 Å². The first-order valence-electron chi connectivity index (χ1n) is 12.7. The first-order chi connectivity index (χ1) is 16.8. The van der Waals surface area contributed by atoms with Crippen molar-refractivity contribution in [3.63, 3.8) is 0 Å². The van der Waals surface area contributed by atoms with Crippen molar-refractivity contribution in [3.05, 3.63) is 72.3 Å². The van der Waals surface area contributed by atoms with Gasteiger partial charge in [-0.25, -0.2) is 4.79 Å². The molecule has 0 bridgehead atoms. The van der Waals surface area contributed by atoms with Crippen LogP contribution in [0.2, 0.25) is 0 Å². The summed E-state index contributed by atoms with van der Waals surface area (Å²) in [5, 5.41) is 10.8. The smallest absolute Gasteiger partial charge is 0.338 e. The number of carbonyl (C=O) groups is 2. The van der Waals surface area contributed by atoms with Crippen LogP contribution in [0.3, 0.4) is 0 Å². The fraction of sp³-hybridized carbons (Fsp3) is 0.467. The molecule has 0 aromatic heterocycles. The summed E-state index contributed by atoms with van der Waals surface area (Å²) in [7, 11) is 0. The highest BCUT2D eigenvalue weighted by Crippen LogP contribution is 2.44. The highest BCUT2D eigenvalue weighted by atomic mass is 16.6. The van der Waals surface area contributed by atoms with Crippen molar-refractivity contribution < 1.29 is 24.2 Å². The minimum Gasteiger partial charge on any atom is -0.462 e. The largest absolute Gasteiger partial charge is 0.462 e. The van der Waals surface area contributed by atoms with Crippen LogP contribution in [0.5, 0.6) is 0 Å². The maximum Gasteiger partial charge on any atom is 0.338 e. The second kappa shape index (κ2) is 10.8. The molecule has 4 rings (SSSR count). The SMILES string of the molecule is CCCCC(C)(C)[C@@H](O)/C=C/[C@@H]1[C@H]2CC(=O)O[C@H]2C[C@H]1OC(=O)c1ccc(-c2ccccc2)cc1. The molecule has 0 amide bonds. The summed E-state index contributed by atoms with van der Waals surface area (Å²) in [6, 6.07) is 17.4. The van der Waals surface area contributed by atoms with Crippen LogP contribution in [0.4, 0.5) is 0 Å². The number of hydrogen-bond acceptors (Lipinski definition) is 5. The topological polar surface area (TPSA) is 72.8 Å². The number of hydrogen-bond donors (Lipinski definition) is 1. The van der Waals surface area contributed by atoms with Gasteiger partial charge < -0.3 is 14.6 Å². The summed E-state index contributed by atoms with van der Waals surface area (Å²) >= 11 is 0. The first-order valence-corrected chi connectivity index (χ1v) is 12.7. The van der Waals surface area contributed by atoms with Crippen molar-refractivity contribution in [2.45, 2.75) is 71.2 Å². The third-order valence-corrected chi connectivity index (χ3v) is 7.53. The highest BCUT2D eigenvalue weighted by molar-refractivity contribution is 5.90. The van der Waals surface area contributed by atoms with E-state index in [1.54, 1.807) is 12.1 Å². The molecule has 1 aliphatic heterocycles. The molecule has 0 radical (unpaired) electrons. The van der Waals surface area contributed by atoms with Crippen molar-refractivity contribution in [2.24, 2.45) is 17.3 Å². The number of unbranched alkanes of at least 4 members (excludes halogenated alkanes) is 1. The number of benzene rings is 2. The Bertz CT molecular complexity index is 1040. The molecule has 2 aromatic carbocycles. The molecule has 1 heterocycles. The standard InChI is InChI=1S/C30H36O5/c1-4-5-17-30(2,3)27(31)16-15-23-24-18-28(32)34-26(24)19-25(23)35-29(33)22-13-11-21(12-14-22)20-9-7-6-8-10-20/h6-16,23-27,31H,4-5,17-19H2,1-3H3/b16-15+/t23-,24-,25-,26+,27+/m1/s1. The number of rotatable bonds is 9. The predicted octanol–water partition coefficient (Wildman–Crippen LogP) is 5.96. The lowest BCUT2D eigenvalue weighted by atomic mass is 9.80. The van der Waals surface area contributed by atoms with Crippen molar-refractivity contribution in [1.82, 2.24) is 0 Å². The number of aliphatic hydroxyl groups excluding tert-OH is 1. The van der Waals surface area contributed by atoms with Gasteiger partial charge in [0.1, 0.15) is 12.2 Å². The maximum absolute atomic E-state index is 13.0. The van der Waals surface area contributed by atoms with Gasteiger partial charge in [-0.15, -0.1) is 0 Å². The lowest BCUT2D eigenvalue weighted by molar-refractivity contribution is -0.141. The van der Waals surface area contributed by atoms with Crippen LogP contribution in [0, 0.1) is 17.3 Å². The van der Waals surface area contributed by atoms with Gasteiger partial charge in [-0.3, -0.25) is 4.79 Å². The van der Waals surface area contributed by atoms with Crippen LogP contribution in [0.15, 0.2) is 66.7 Å². The van der Waals surface area contributed by atoms with E-state index in [9.17, 15) is 14.7 Å². The molecule has 0 unspecified atom stereocenters. The Balaban J connectivity index is 1.46. The zero-order valence-corrected chi connectivity index (χ0v) is 20.9.